The van der Waals surface area contributed by atoms with Gasteiger partial charge in [0, 0.05) is 69.1 Å². The first kappa shape index (κ1) is 26.5. The van der Waals surface area contributed by atoms with E-state index in [1.165, 1.54) is 12.1 Å². The fourth-order valence-electron chi connectivity index (χ4n) is 5.09. The number of halogens is 2. The number of hydrogen-bond donors (Lipinski definition) is 3. The first-order valence-corrected chi connectivity index (χ1v) is 12.7. The molecule has 5 rings (SSSR count). The Morgan fingerprint density at radius 2 is 1.79 bits per heavy atom. The van der Waals surface area contributed by atoms with Gasteiger partial charge in [-0.25, -0.2) is 13.5 Å². The van der Waals surface area contributed by atoms with Crippen molar-refractivity contribution in [3.63, 3.8) is 0 Å². The van der Waals surface area contributed by atoms with Crippen LogP contribution in [0.25, 0.3) is 11.9 Å². The van der Waals surface area contributed by atoms with E-state index in [0.29, 0.717) is 37.0 Å². The van der Waals surface area contributed by atoms with Crippen molar-refractivity contribution >= 4 is 29.4 Å². The van der Waals surface area contributed by atoms with Crippen LogP contribution in [0, 0.1) is 18.6 Å². The summed E-state index contributed by atoms with van der Waals surface area (Å²) in [5.41, 5.74) is 13.8. The van der Waals surface area contributed by atoms with Gasteiger partial charge < -0.3 is 26.4 Å². The van der Waals surface area contributed by atoms with Gasteiger partial charge in [-0.1, -0.05) is 12.2 Å². The van der Waals surface area contributed by atoms with E-state index < -0.39 is 29.7 Å². The Hall–Kier alpha value is -4.10. The number of nitrogens with zero attached hydrogens (tertiary/aromatic N) is 7. The molecule has 0 aliphatic carbocycles. The SMILES string of the molecule is Cc1c(C=CCN2CCN(c3cc(F)cc(F)c3)CC2)cnn1-c1cc(N2CC(O)CC2C(N)=O)nc(N)n1. The third kappa shape index (κ3) is 5.83. The van der Waals surface area contributed by atoms with Crippen LogP contribution in [0.3, 0.4) is 0 Å². The molecule has 0 radical (unpaired) electrons. The zero-order valence-corrected chi connectivity index (χ0v) is 21.5. The first-order valence-electron chi connectivity index (χ1n) is 12.7. The number of aliphatic hydroxyl groups excluding tert-OH is 1. The molecule has 0 spiro atoms. The van der Waals surface area contributed by atoms with Crippen LogP contribution in [0.2, 0.25) is 0 Å². The lowest BCUT2D eigenvalue weighted by atomic mass is 10.2. The Bertz CT molecular complexity index is 1370. The van der Waals surface area contributed by atoms with Gasteiger partial charge in [-0.3, -0.25) is 9.69 Å². The van der Waals surface area contributed by atoms with Gasteiger partial charge in [0.05, 0.1) is 18.0 Å². The second-order valence-corrected chi connectivity index (χ2v) is 9.82. The predicted octanol–water partition coefficient (Wildman–Crippen LogP) is 1.09. The predicted molar refractivity (Wildman–Crippen MR) is 143 cm³/mol. The average Bonchev–Trinajstić information content (AvgIpc) is 3.46. The molecule has 206 valence electrons. The van der Waals surface area contributed by atoms with Gasteiger partial charge in [0.1, 0.15) is 23.5 Å². The highest BCUT2D eigenvalue weighted by Gasteiger charge is 2.36. The minimum absolute atomic E-state index is 0.0132. The number of anilines is 3. The summed E-state index contributed by atoms with van der Waals surface area (Å²) in [5.74, 6) is -0.848. The van der Waals surface area contributed by atoms with Crippen molar-refractivity contribution in [3.8, 4) is 5.82 Å². The molecule has 1 amide bonds. The number of aromatic nitrogens is 4. The van der Waals surface area contributed by atoms with Crippen LogP contribution in [0.5, 0.6) is 0 Å². The number of β-amino-alcohol motifs (C(OH)–C–C–N with tert-alkyl or cyclic N) is 1. The molecule has 1 aromatic carbocycles. The molecule has 2 aliphatic rings. The molecule has 39 heavy (non-hydrogen) atoms. The summed E-state index contributed by atoms with van der Waals surface area (Å²) < 4.78 is 28.8. The minimum Gasteiger partial charge on any atom is -0.391 e. The third-order valence-corrected chi connectivity index (χ3v) is 7.13. The van der Waals surface area contributed by atoms with E-state index in [1.807, 2.05) is 17.9 Å². The minimum atomic E-state index is -0.697. The number of carbonyl (C=O) groups is 1. The van der Waals surface area contributed by atoms with Crippen LogP contribution in [0.4, 0.5) is 26.2 Å². The molecule has 2 aromatic heterocycles. The quantitative estimate of drug-likeness (QED) is 0.402. The van der Waals surface area contributed by atoms with Crippen molar-refractivity contribution in [2.45, 2.75) is 25.5 Å². The van der Waals surface area contributed by atoms with Crippen molar-refractivity contribution in [2.24, 2.45) is 5.73 Å². The van der Waals surface area contributed by atoms with Crippen LogP contribution in [-0.2, 0) is 4.79 Å². The number of aliphatic hydroxyl groups is 1. The molecule has 2 unspecified atom stereocenters. The van der Waals surface area contributed by atoms with E-state index in [4.69, 9.17) is 11.5 Å². The number of nitrogens with two attached hydrogens (primary N) is 2. The van der Waals surface area contributed by atoms with Crippen LogP contribution in [0.15, 0.2) is 36.5 Å². The summed E-state index contributed by atoms with van der Waals surface area (Å²) in [4.78, 5) is 26.3. The molecule has 13 heteroatoms. The fourth-order valence-corrected chi connectivity index (χ4v) is 5.09. The van der Waals surface area contributed by atoms with Crippen molar-refractivity contribution in [3.05, 3.63) is 59.4 Å². The third-order valence-electron chi connectivity index (χ3n) is 7.13. The zero-order chi connectivity index (χ0) is 27.7. The number of nitrogen functional groups attached to an aromatic ring is 1. The lowest BCUT2D eigenvalue weighted by molar-refractivity contribution is -0.119. The summed E-state index contributed by atoms with van der Waals surface area (Å²) in [6, 6.07) is 4.58. The van der Waals surface area contributed by atoms with Crippen molar-refractivity contribution < 1.29 is 18.7 Å². The number of hydrogen-bond acceptors (Lipinski definition) is 9. The maximum absolute atomic E-state index is 13.6. The largest absolute Gasteiger partial charge is 0.391 e. The Morgan fingerprint density at radius 3 is 2.49 bits per heavy atom. The van der Waals surface area contributed by atoms with Crippen molar-refractivity contribution in [2.75, 3.05) is 54.8 Å². The summed E-state index contributed by atoms with van der Waals surface area (Å²) in [5, 5.41) is 14.5. The van der Waals surface area contributed by atoms with Gasteiger partial charge in [-0.2, -0.15) is 15.1 Å². The molecule has 0 saturated carbocycles. The average molecular weight is 540 g/mol. The smallest absolute Gasteiger partial charge is 0.240 e. The van der Waals surface area contributed by atoms with E-state index in [-0.39, 0.29) is 18.9 Å². The molecule has 0 bridgehead atoms. The fraction of sp³-hybridized carbons (Fsp3) is 0.385. The van der Waals surface area contributed by atoms with Crippen LogP contribution in [0.1, 0.15) is 17.7 Å². The van der Waals surface area contributed by atoms with Gasteiger partial charge >= 0.3 is 0 Å². The van der Waals surface area contributed by atoms with E-state index >= 15 is 0 Å². The first-order chi connectivity index (χ1) is 18.7. The van der Waals surface area contributed by atoms with E-state index in [2.05, 4.69) is 26.0 Å². The monoisotopic (exact) mass is 539 g/mol. The van der Waals surface area contributed by atoms with E-state index in [9.17, 15) is 18.7 Å². The molecular formula is C26H31F2N9O2. The summed E-state index contributed by atoms with van der Waals surface area (Å²) in [6.07, 6.45) is 5.29. The Morgan fingerprint density at radius 1 is 1.10 bits per heavy atom. The van der Waals surface area contributed by atoms with Gasteiger partial charge in [0.25, 0.3) is 0 Å². The molecule has 2 saturated heterocycles. The molecule has 3 aromatic rings. The summed E-state index contributed by atoms with van der Waals surface area (Å²) in [6.45, 7) is 5.72. The normalized spacial score (nSPS) is 20.3. The van der Waals surface area contributed by atoms with Crippen LogP contribution >= 0.6 is 0 Å². The zero-order valence-electron chi connectivity index (χ0n) is 21.5. The highest BCUT2D eigenvalue weighted by molar-refractivity contribution is 5.84. The Kier molecular flexibility index (Phi) is 7.44. The van der Waals surface area contributed by atoms with Crippen LogP contribution < -0.4 is 21.3 Å². The number of primary amides is 1. The van der Waals surface area contributed by atoms with Crippen molar-refractivity contribution in [1.82, 2.24) is 24.6 Å². The maximum atomic E-state index is 13.6. The van der Waals surface area contributed by atoms with Gasteiger partial charge in [-0.05, 0) is 19.1 Å². The second kappa shape index (κ2) is 10.9. The highest BCUT2D eigenvalue weighted by atomic mass is 19.1. The topological polar surface area (TPSA) is 143 Å². The van der Waals surface area contributed by atoms with Gasteiger partial charge in [-0.15, -0.1) is 0 Å². The standard InChI is InChI=1S/C26H31F2N9O2/c1-16-17(3-2-4-34-5-7-35(8-6-34)20-10-18(27)9-19(28)11-20)14-31-37(16)24-13-23(32-26(30)33-24)36-15-21(38)12-22(36)25(29)39/h2-3,9-11,13-14,21-22,38H,4-8,12,15H2,1H3,(H2,29,39)(H2,30,32,33). The molecule has 2 atom stereocenters. The van der Waals surface area contributed by atoms with Crippen molar-refractivity contribution in [1.29, 1.82) is 0 Å². The number of carbonyl (C=O) groups excluding carboxylic acids is 1. The molecule has 11 nitrogen and oxygen atoms in total. The number of piperazine rings is 1. The lowest BCUT2D eigenvalue weighted by Crippen LogP contribution is -2.46. The van der Waals surface area contributed by atoms with E-state index in [0.717, 1.165) is 30.4 Å². The maximum Gasteiger partial charge on any atom is 0.240 e. The van der Waals surface area contributed by atoms with Gasteiger partial charge in [0.15, 0.2) is 5.82 Å². The Labute approximate surface area is 224 Å². The summed E-state index contributed by atoms with van der Waals surface area (Å²) >= 11 is 0. The molecule has 2 aliphatic heterocycles. The summed E-state index contributed by atoms with van der Waals surface area (Å²) in [7, 11) is 0. The lowest BCUT2D eigenvalue weighted by Gasteiger charge is -2.35. The number of amides is 1. The molecule has 5 N–H and O–H groups in total. The molecular weight excluding hydrogens is 508 g/mol. The number of benzene rings is 1. The highest BCUT2D eigenvalue weighted by Crippen LogP contribution is 2.27. The van der Waals surface area contributed by atoms with E-state index in [1.54, 1.807) is 21.8 Å². The van der Waals surface area contributed by atoms with Gasteiger partial charge in [0.2, 0.25) is 11.9 Å². The number of rotatable bonds is 7. The second-order valence-electron chi connectivity index (χ2n) is 9.82. The Balaban J connectivity index is 1.24. The van der Waals surface area contributed by atoms with Crippen LogP contribution in [-0.4, -0.2) is 87.1 Å². The molecule has 4 heterocycles. The molecule has 2 fully saturated rings.